The Kier molecular flexibility index (Phi) is 8.25. The van der Waals surface area contributed by atoms with Gasteiger partial charge in [0.05, 0.1) is 5.88 Å². The number of carbonyl (C=O) groups is 2. The Morgan fingerprint density at radius 3 is 1.22 bits per heavy atom. The van der Waals surface area contributed by atoms with E-state index in [0.29, 0.717) is 5.56 Å². The first kappa shape index (κ1) is 23.4. The molecule has 2 nitrogen and oxygen atoms in total. The van der Waals surface area contributed by atoms with Crippen LogP contribution in [0.4, 0.5) is 0 Å². The molecule has 0 aromatic heterocycles. The van der Waals surface area contributed by atoms with Crippen LogP contribution in [-0.2, 0) is 0 Å². The maximum absolute atomic E-state index is 11.6. The van der Waals surface area contributed by atoms with E-state index < -0.39 is 0 Å². The highest BCUT2D eigenvalue weighted by Crippen LogP contribution is 2.23. The summed E-state index contributed by atoms with van der Waals surface area (Å²) >= 11 is 11.1. The summed E-state index contributed by atoms with van der Waals surface area (Å²) < 4.78 is 0. The number of Topliss-reactive ketones (excluding diaryl/α,β-unsaturated/α-hetero) is 1. The van der Waals surface area contributed by atoms with Crippen LogP contribution in [0.3, 0.4) is 0 Å². The molecular weight excluding hydrogens is 379 g/mol. The van der Waals surface area contributed by atoms with Gasteiger partial charge in [0.2, 0.25) is 0 Å². The van der Waals surface area contributed by atoms with Crippen molar-refractivity contribution in [1.82, 2.24) is 0 Å². The summed E-state index contributed by atoms with van der Waals surface area (Å²) in [5.41, 5.74) is 10.1. The van der Waals surface area contributed by atoms with Crippen LogP contribution in [0.25, 0.3) is 0 Å². The number of carbonyl (C=O) groups excluding carboxylic acids is 2. The monoisotopic (exact) mass is 406 g/mol. The third-order valence-corrected chi connectivity index (χ3v) is 5.76. The van der Waals surface area contributed by atoms with Gasteiger partial charge in [-0.05, 0) is 111 Å². The Morgan fingerprint density at radius 2 is 0.963 bits per heavy atom. The van der Waals surface area contributed by atoms with Gasteiger partial charge >= 0.3 is 0 Å². The van der Waals surface area contributed by atoms with Gasteiger partial charge in [-0.15, -0.1) is 11.6 Å². The Balaban J connectivity index is 0.000000271. The van der Waals surface area contributed by atoms with Gasteiger partial charge < -0.3 is 0 Å². The van der Waals surface area contributed by atoms with Crippen LogP contribution >= 0.6 is 23.2 Å². The molecule has 0 atom stereocenters. The first-order valence-electron chi connectivity index (χ1n) is 8.87. The van der Waals surface area contributed by atoms with E-state index in [4.69, 9.17) is 23.2 Å². The fraction of sp³-hybridized carbons (Fsp3) is 0.391. The zero-order valence-electron chi connectivity index (χ0n) is 17.4. The van der Waals surface area contributed by atoms with Gasteiger partial charge in [-0.2, -0.15) is 0 Å². The fourth-order valence-electron chi connectivity index (χ4n) is 3.21. The van der Waals surface area contributed by atoms with Crippen molar-refractivity contribution in [3.63, 3.8) is 0 Å². The molecule has 2 rings (SSSR count). The highest BCUT2D eigenvalue weighted by Gasteiger charge is 2.14. The third kappa shape index (κ3) is 5.21. The van der Waals surface area contributed by atoms with Crippen LogP contribution in [0.5, 0.6) is 0 Å². The molecule has 0 fully saturated rings. The van der Waals surface area contributed by atoms with E-state index in [0.717, 1.165) is 50.1 Å². The van der Waals surface area contributed by atoms with Crippen LogP contribution in [-0.4, -0.2) is 16.9 Å². The van der Waals surface area contributed by atoms with Crippen molar-refractivity contribution in [2.75, 3.05) is 5.88 Å². The Labute approximate surface area is 172 Å². The average Bonchev–Trinajstić information content (AvgIpc) is 2.59. The summed E-state index contributed by atoms with van der Waals surface area (Å²) in [4.78, 5) is 22.8. The van der Waals surface area contributed by atoms with Gasteiger partial charge in [-0.3, -0.25) is 9.59 Å². The highest BCUT2D eigenvalue weighted by molar-refractivity contribution is 6.68. The molecule has 0 aliphatic rings. The maximum Gasteiger partial charge on any atom is 0.252 e. The van der Waals surface area contributed by atoms with Crippen molar-refractivity contribution in [2.45, 2.75) is 55.4 Å². The number of benzene rings is 2. The SMILES string of the molecule is Cc1cc(C)c(C)c(C(=O)CCl)c1C.Cc1cc(C)c(C)c(C(=O)Cl)c1C. The van der Waals surface area contributed by atoms with Crippen molar-refractivity contribution in [3.8, 4) is 0 Å². The van der Waals surface area contributed by atoms with Crippen molar-refractivity contribution in [1.29, 1.82) is 0 Å². The van der Waals surface area contributed by atoms with Crippen molar-refractivity contribution >= 4 is 34.2 Å². The lowest BCUT2D eigenvalue weighted by atomic mass is 9.92. The van der Waals surface area contributed by atoms with Crippen molar-refractivity contribution < 1.29 is 9.59 Å². The average molecular weight is 407 g/mol. The molecule has 2 aromatic rings. The second kappa shape index (κ2) is 9.52. The topological polar surface area (TPSA) is 34.1 Å². The molecule has 0 saturated heterocycles. The zero-order chi connectivity index (χ0) is 21.0. The number of hydrogen-bond donors (Lipinski definition) is 0. The molecule has 0 aliphatic carbocycles. The summed E-state index contributed by atoms with van der Waals surface area (Å²) in [7, 11) is 0. The minimum absolute atomic E-state index is 0.0217. The fourth-order valence-corrected chi connectivity index (χ4v) is 3.63. The first-order chi connectivity index (χ1) is 12.4. The molecule has 0 bridgehead atoms. The summed E-state index contributed by atoms with van der Waals surface area (Å²) in [6.45, 7) is 15.8. The van der Waals surface area contributed by atoms with E-state index in [1.807, 2.05) is 55.4 Å². The van der Waals surface area contributed by atoms with Gasteiger partial charge in [0.25, 0.3) is 5.24 Å². The number of aryl methyl sites for hydroxylation is 4. The second-order valence-corrected chi connectivity index (χ2v) is 7.71. The van der Waals surface area contributed by atoms with Crippen LogP contribution in [0, 0.1) is 55.4 Å². The van der Waals surface area contributed by atoms with Gasteiger partial charge in [0.1, 0.15) is 0 Å². The predicted molar refractivity (Wildman–Crippen MR) is 116 cm³/mol. The van der Waals surface area contributed by atoms with Crippen LogP contribution in [0.2, 0.25) is 0 Å². The third-order valence-electron chi connectivity index (χ3n) is 5.33. The molecular formula is C23H28Cl2O2. The Morgan fingerprint density at radius 1 is 0.667 bits per heavy atom. The summed E-state index contributed by atoms with van der Waals surface area (Å²) in [6, 6.07) is 4.18. The van der Waals surface area contributed by atoms with Gasteiger partial charge in [0.15, 0.2) is 5.78 Å². The minimum Gasteiger partial charge on any atom is -0.293 e. The number of hydrogen-bond acceptors (Lipinski definition) is 2. The van der Waals surface area contributed by atoms with Gasteiger partial charge in [-0.25, -0.2) is 0 Å². The molecule has 4 heteroatoms. The standard InChI is InChI=1S/C12H15ClO.C11H13ClO/c1-7-5-8(2)10(4)12(9(7)3)11(14)6-13;1-6-5-7(2)9(4)10(8(6)3)11(12)13/h5H,6H2,1-4H3;5H,1-4H3. The molecule has 0 heterocycles. The molecule has 27 heavy (non-hydrogen) atoms. The number of ketones is 1. The predicted octanol–water partition coefficient (Wildman–Crippen LogP) is 6.64. The van der Waals surface area contributed by atoms with Crippen LogP contribution < -0.4 is 0 Å². The first-order valence-corrected chi connectivity index (χ1v) is 9.79. The number of rotatable bonds is 3. The Bertz CT molecular complexity index is 844. The summed E-state index contributed by atoms with van der Waals surface area (Å²) in [6.07, 6.45) is 0. The lowest BCUT2D eigenvalue weighted by Crippen LogP contribution is -2.08. The van der Waals surface area contributed by atoms with Gasteiger partial charge in [-0.1, -0.05) is 12.1 Å². The van der Waals surface area contributed by atoms with E-state index in [-0.39, 0.29) is 16.9 Å². The molecule has 0 unspecified atom stereocenters. The molecule has 2 aromatic carbocycles. The smallest absolute Gasteiger partial charge is 0.252 e. The van der Waals surface area contributed by atoms with E-state index in [9.17, 15) is 9.59 Å². The lowest BCUT2D eigenvalue weighted by molar-refractivity contribution is 0.101. The molecule has 0 radical (unpaired) electrons. The zero-order valence-corrected chi connectivity index (χ0v) is 18.9. The van der Waals surface area contributed by atoms with E-state index in [2.05, 4.69) is 12.1 Å². The van der Waals surface area contributed by atoms with E-state index in [1.165, 1.54) is 0 Å². The summed E-state index contributed by atoms with van der Waals surface area (Å²) in [5, 5.41) is -0.359. The Hall–Kier alpha value is -1.64. The molecule has 0 saturated carbocycles. The van der Waals surface area contributed by atoms with E-state index in [1.54, 1.807) is 0 Å². The normalized spacial score (nSPS) is 10.3. The quantitative estimate of drug-likeness (QED) is 0.325. The number of halogens is 2. The molecule has 0 spiro atoms. The molecule has 0 N–H and O–H groups in total. The lowest BCUT2D eigenvalue weighted by Gasteiger charge is -2.12. The van der Waals surface area contributed by atoms with Crippen LogP contribution in [0.1, 0.15) is 65.2 Å². The number of alkyl halides is 1. The highest BCUT2D eigenvalue weighted by atomic mass is 35.5. The van der Waals surface area contributed by atoms with Crippen molar-refractivity contribution in [2.24, 2.45) is 0 Å². The largest absolute Gasteiger partial charge is 0.293 e. The summed E-state index contributed by atoms with van der Waals surface area (Å²) in [5.74, 6) is 0.0818. The molecule has 0 amide bonds. The van der Waals surface area contributed by atoms with Gasteiger partial charge in [0, 0.05) is 11.1 Å². The second-order valence-electron chi connectivity index (χ2n) is 7.10. The van der Waals surface area contributed by atoms with Crippen molar-refractivity contribution in [3.05, 3.63) is 67.8 Å². The molecule has 0 aliphatic heterocycles. The van der Waals surface area contributed by atoms with E-state index >= 15 is 0 Å². The minimum atomic E-state index is -0.359. The molecule has 146 valence electrons. The van der Waals surface area contributed by atoms with Crippen LogP contribution in [0.15, 0.2) is 12.1 Å². The maximum atomic E-state index is 11.6.